The number of nitrogens with one attached hydrogen (secondary N) is 1. The normalized spacial score (nSPS) is 48.0. The third-order valence-corrected chi connectivity index (χ3v) is 5.24. The summed E-state index contributed by atoms with van der Waals surface area (Å²) in [7, 11) is 0. The molecule has 1 N–H and O–H groups in total. The number of rotatable bonds is 1. The van der Waals surface area contributed by atoms with Crippen molar-refractivity contribution in [3.63, 3.8) is 0 Å². The standard InChI is InChI=1S/C15H27NO/c1-11-8-12(2)10-15(9-11)14(13-4-3-5-13)16-6-7-17-15/h11-14,16H,3-10H2,1-2H3. The summed E-state index contributed by atoms with van der Waals surface area (Å²) in [6.07, 6.45) is 8.24. The topological polar surface area (TPSA) is 21.3 Å². The van der Waals surface area contributed by atoms with E-state index < -0.39 is 0 Å². The van der Waals surface area contributed by atoms with Gasteiger partial charge in [-0.3, -0.25) is 0 Å². The molecule has 2 aliphatic carbocycles. The highest BCUT2D eigenvalue weighted by Gasteiger charge is 2.50. The van der Waals surface area contributed by atoms with Crippen LogP contribution in [0.2, 0.25) is 0 Å². The third kappa shape index (κ3) is 2.15. The van der Waals surface area contributed by atoms with Gasteiger partial charge in [-0.25, -0.2) is 0 Å². The fourth-order valence-corrected chi connectivity index (χ4v) is 4.60. The number of ether oxygens (including phenoxy) is 1. The van der Waals surface area contributed by atoms with Crippen molar-refractivity contribution in [2.75, 3.05) is 13.2 Å². The van der Waals surface area contributed by atoms with Crippen LogP contribution in [0.15, 0.2) is 0 Å². The molecule has 0 aromatic rings. The summed E-state index contributed by atoms with van der Waals surface area (Å²) < 4.78 is 6.35. The maximum absolute atomic E-state index is 6.35. The van der Waals surface area contributed by atoms with Gasteiger partial charge in [0, 0.05) is 12.6 Å². The molecule has 98 valence electrons. The SMILES string of the molecule is CC1CC(C)CC2(C1)OCCNC2C1CCC1. The Hall–Kier alpha value is -0.0800. The number of hydrogen-bond donors (Lipinski definition) is 1. The van der Waals surface area contributed by atoms with Crippen LogP contribution in [0.1, 0.15) is 52.4 Å². The first kappa shape index (κ1) is 12.0. The third-order valence-electron chi connectivity index (χ3n) is 5.24. The molecule has 1 aliphatic heterocycles. The van der Waals surface area contributed by atoms with Crippen LogP contribution in [-0.4, -0.2) is 24.8 Å². The predicted octanol–water partition coefficient (Wildman–Crippen LogP) is 2.97. The second kappa shape index (κ2) is 4.55. The van der Waals surface area contributed by atoms with Crippen LogP contribution in [-0.2, 0) is 4.74 Å². The molecule has 3 unspecified atom stereocenters. The summed E-state index contributed by atoms with van der Waals surface area (Å²) >= 11 is 0. The molecule has 3 aliphatic rings. The quantitative estimate of drug-likeness (QED) is 0.757. The fraction of sp³-hybridized carbons (Fsp3) is 1.00. The Morgan fingerprint density at radius 2 is 1.82 bits per heavy atom. The molecule has 2 nitrogen and oxygen atoms in total. The van der Waals surface area contributed by atoms with Crippen molar-refractivity contribution < 1.29 is 4.74 Å². The molecule has 0 aromatic carbocycles. The average molecular weight is 237 g/mol. The Balaban J connectivity index is 1.80. The highest BCUT2D eigenvalue weighted by atomic mass is 16.5. The molecule has 1 saturated heterocycles. The molecule has 3 atom stereocenters. The Labute approximate surface area is 105 Å². The molecule has 1 heterocycles. The van der Waals surface area contributed by atoms with Gasteiger partial charge in [-0.05, 0) is 49.9 Å². The van der Waals surface area contributed by atoms with Gasteiger partial charge in [0.2, 0.25) is 0 Å². The van der Waals surface area contributed by atoms with E-state index in [1.165, 1.54) is 38.5 Å². The van der Waals surface area contributed by atoms with Crippen molar-refractivity contribution in [3.8, 4) is 0 Å². The van der Waals surface area contributed by atoms with Gasteiger partial charge in [0.05, 0.1) is 12.2 Å². The molecule has 3 rings (SSSR count). The highest BCUT2D eigenvalue weighted by molar-refractivity contribution is 5.04. The molecule has 0 aromatic heterocycles. The van der Waals surface area contributed by atoms with Crippen LogP contribution in [0.4, 0.5) is 0 Å². The lowest BCUT2D eigenvalue weighted by molar-refractivity contribution is -0.154. The Morgan fingerprint density at radius 3 is 2.41 bits per heavy atom. The van der Waals surface area contributed by atoms with Crippen LogP contribution in [0.5, 0.6) is 0 Å². The van der Waals surface area contributed by atoms with Crippen molar-refractivity contribution >= 4 is 0 Å². The Kier molecular flexibility index (Phi) is 3.20. The average Bonchev–Trinajstić information content (AvgIpc) is 2.17. The van der Waals surface area contributed by atoms with E-state index in [1.54, 1.807) is 0 Å². The molecular weight excluding hydrogens is 210 g/mol. The van der Waals surface area contributed by atoms with Crippen LogP contribution < -0.4 is 5.32 Å². The maximum Gasteiger partial charge on any atom is 0.0843 e. The van der Waals surface area contributed by atoms with E-state index in [-0.39, 0.29) is 5.60 Å². The summed E-state index contributed by atoms with van der Waals surface area (Å²) in [6, 6.07) is 0.648. The van der Waals surface area contributed by atoms with Gasteiger partial charge in [0.1, 0.15) is 0 Å². The number of hydrogen-bond acceptors (Lipinski definition) is 2. The molecule has 17 heavy (non-hydrogen) atoms. The van der Waals surface area contributed by atoms with Crippen LogP contribution in [0.25, 0.3) is 0 Å². The van der Waals surface area contributed by atoms with E-state index in [0.717, 1.165) is 30.9 Å². The van der Waals surface area contributed by atoms with E-state index in [0.29, 0.717) is 6.04 Å². The molecule has 2 saturated carbocycles. The molecular formula is C15H27NO. The van der Waals surface area contributed by atoms with Crippen molar-refractivity contribution in [1.29, 1.82) is 0 Å². The first-order valence-electron chi connectivity index (χ1n) is 7.57. The summed E-state index contributed by atoms with van der Waals surface area (Å²) in [4.78, 5) is 0. The molecule has 3 fully saturated rings. The second-order valence-corrected chi connectivity index (χ2v) is 6.89. The van der Waals surface area contributed by atoms with Gasteiger partial charge >= 0.3 is 0 Å². The molecule has 0 radical (unpaired) electrons. The van der Waals surface area contributed by atoms with Crippen molar-refractivity contribution in [1.82, 2.24) is 5.32 Å². The van der Waals surface area contributed by atoms with Crippen LogP contribution in [0.3, 0.4) is 0 Å². The van der Waals surface area contributed by atoms with Crippen molar-refractivity contribution in [2.45, 2.75) is 64.0 Å². The predicted molar refractivity (Wildman–Crippen MR) is 70.0 cm³/mol. The van der Waals surface area contributed by atoms with E-state index in [2.05, 4.69) is 19.2 Å². The maximum atomic E-state index is 6.35. The smallest absolute Gasteiger partial charge is 0.0843 e. The van der Waals surface area contributed by atoms with E-state index in [4.69, 9.17) is 4.74 Å². The van der Waals surface area contributed by atoms with Gasteiger partial charge in [-0.1, -0.05) is 20.3 Å². The highest BCUT2D eigenvalue weighted by Crippen LogP contribution is 2.46. The van der Waals surface area contributed by atoms with Gasteiger partial charge in [0.15, 0.2) is 0 Å². The molecule has 2 heteroatoms. The summed E-state index contributed by atoms with van der Waals surface area (Å²) in [5.74, 6) is 2.57. The monoisotopic (exact) mass is 237 g/mol. The summed E-state index contributed by atoms with van der Waals surface area (Å²) in [5, 5.41) is 3.80. The minimum atomic E-state index is 0.181. The Morgan fingerprint density at radius 1 is 1.12 bits per heavy atom. The van der Waals surface area contributed by atoms with Gasteiger partial charge in [-0.2, -0.15) is 0 Å². The number of morpholine rings is 1. The fourth-order valence-electron chi connectivity index (χ4n) is 4.60. The zero-order valence-corrected chi connectivity index (χ0v) is 11.4. The first-order chi connectivity index (χ1) is 8.20. The van der Waals surface area contributed by atoms with E-state index in [1.807, 2.05) is 0 Å². The lowest BCUT2D eigenvalue weighted by Gasteiger charge is -2.54. The minimum Gasteiger partial charge on any atom is -0.372 e. The van der Waals surface area contributed by atoms with Gasteiger partial charge in [0.25, 0.3) is 0 Å². The lowest BCUT2D eigenvalue weighted by Crippen LogP contribution is -2.64. The van der Waals surface area contributed by atoms with E-state index in [9.17, 15) is 0 Å². The largest absolute Gasteiger partial charge is 0.372 e. The van der Waals surface area contributed by atoms with Crippen molar-refractivity contribution in [3.05, 3.63) is 0 Å². The zero-order valence-electron chi connectivity index (χ0n) is 11.4. The molecule has 0 bridgehead atoms. The minimum absolute atomic E-state index is 0.181. The second-order valence-electron chi connectivity index (χ2n) is 6.89. The van der Waals surface area contributed by atoms with Crippen LogP contribution in [0, 0.1) is 17.8 Å². The van der Waals surface area contributed by atoms with Gasteiger partial charge in [-0.15, -0.1) is 0 Å². The van der Waals surface area contributed by atoms with Crippen molar-refractivity contribution in [2.24, 2.45) is 17.8 Å². The summed E-state index contributed by atoms with van der Waals surface area (Å²) in [6.45, 7) is 6.80. The summed E-state index contributed by atoms with van der Waals surface area (Å²) in [5.41, 5.74) is 0.181. The van der Waals surface area contributed by atoms with Gasteiger partial charge < -0.3 is 10.1 Å². The van der Waals surface area contributed by atoms with E-state index >= 15 is 0 Å². The Bertz CT molecular complexity index is 264. The molecule has 0 amide bonds. The first-order valence-corrected chi connectivity index (χ1v) is 7.57. The lowest BCUT2D eigenvalue weighted by atomic mass is 9.63. The molecule has 1 spiro atoms. The van der Waals surface area contributed by atoms with Crippen LogP contribution >= 0.6 is 0 Å². The zero-order chi connectivity index (χ0) is 11.9.